The molecule has 3 rings (SSSR count). The van der Waals surface area contributed by atoms with Crippen molar-refractivity contribution in [2.75, 3.05) is 26.9 Å². The molecule has 15 nitrogen and oxygen atoms in total. The Morgan fingerprint density at radius 1 is 0.947 bits per heavy atom. The van der Waals surface area contributed by atoms with Gasteiger partial charge < -0.3 is 37.9 Å². The zero-order valence-corrected chi connectivity index (χ0v) is 22.3. The first-order valence-electron chi connectivity index (χ1n) is 11.7. The number of nitro groups is 1. The molecule has 0 aromatic heterocycles. The smallest absolute Gasteiger partial charge is 0.303 e. The van der Waals surface area contributed by atoms with Crippen LogP contribution in [0.3, 0.4) is 0 Å². The Hall–Kier alpha value is -2.53. The van der Waals surface area contributed by atoms with Crippen LogP contribution in [0.2, 0.25) is 0 Å². The Morgan fingerprint density at radius 2 is 1.55 bits per heavy atom. The van der Waals surface area contributed by atoms with E-state index in [0.717, 1.165) is 39.5 Å². The predicted octanol–water partition coefficient (Wildman–Crippen LogP) is -0.0216. The number of hydrogen-bond donors (Lipinski definition) is 0. The third kappa shape index (κ3) is 7.11. The minimum atomic E-state index is -1.40. The van der Waals surface area contributed by atoms with Gasteiger partial charge in [0.2, 0.25) is 6.54 Å². The number of thioether (sulfide) groups is 1. The second kappa shape index (κ2) is 12.5. The van der Waals surface area contributed by atoms with Crippen LogP contribution in [0, 0.1) is 10.1 Å². The lowest BCUT2D eigenvalue weighted by Gasteiger charge is -2.48. The van der Waals surface area contributed by atoms with Gasteiger partial charge in [0, 0.05) is 46.1 Å². The number of hydrogen-bond acceptors (Lipinski definition) is 15. The monoisotopic (exact) mass is 565 g/mol. The molecular formula is C22H31NO14S. The molecule has 38 heavy (non-hydrogen) atoms. The van der Waals surface area contributed by atoms with E-state index in [1.54, 1.807) is 0 Å². The van der Waals surface area contributed by atoms with Gasteiger partial charge in [-0.25, -0.2) is 0 Å². The fourth-order valence-corrected chi connectivity index (χ4v) is 6.39. The highest BCUT2D eigenvalue weighted by atomic mass is 32.2. The molecule has 3 heterocycles. The lowest BCUT2D eigenvalue weighted by Crippen LogP contribution is -2.63. The molecule has 9 atom stereocenters. The van der Waals surface area contributed by atoms with Crippen LogP contribution in [0.15, 0.2) is 0 Å². The molecule has 2 bridgehead atoms. The summed E-state index contributed by atoms with van der Waals surface area (Å²) in [6.07, 6.45) is -7.21. The molecule has 16 heteroatoms. The second-order valence-corrected chi connectivity index (χ2v) is 10.6. The molecule has 0 saturated carbocycles. The first-order valence-corrected chi connectivity index (χ1v) is 12.6. The lowest BCUT2D eigenvalue weighted by atomic mass is 9.95. The predicted molar refractivity (Wildman–Crippen MR) is 124 cm³/mol. The van der Waals surface area contributed by atoms with Crippen molar-refractivity contribution >= 4 is 35.6 Å². The normalized spacial score (nSPS) is 36.1. The summed E-state index contributed by atoms with van der Waals surface area (Å²) in [5.74, 6) is -3.00. The minimum absolute atomic E-state index is 0.122. The van der Waals surface area contributed by atoms with Crippen molar-refractivity contribution in [2.24, 2.45) is 0 Å². The Labute approximate surface area is 222 Å². The molecule has 0 unspecified atom stereocenters. The molecule has 3 saturated heterocycles. The van der Waals surface area contributed by atoms with E-state index in [0.29, 0.717) is 0 Å². The molecule has 3 aliphatic heterocycles. The van der Waals surface area contributed by atoms with Gasteiger partial charge in [0.1, 0.15) is 29.0 Å². The van der Waals surface area contributed by atoms with E-state index in [2.05, 4.69) is 0 Å². The van der Waals surface area contributed by atoms with Crippen LogP contribution in [0.4, 0.5) is 0 Å². The van der Waals surface area contributed by atoms with Crippen molar-refractivity contribution in [1.82, 2.24) is 0 Å². The number of rotatable bonds is 10. The van der Waals surface area contributed by atoms with Crippen molar-refractivity contribution < 1.29 is 62.0 Å². The van der Waals surface area contributed by atoms with E-state index in [4.69, 9.17) is 37.9 Å². The van der Waals surface area contributed by atoms with Crippen LogP contribution < -0.4 is 0 Å². The lowest BCUT2D eigenvalue weighted by molar-refractivity contribution is -0.490. The van der Waals surface area contributed by atoms with Crippen molar-refractivity contribution in [2.45, 2.75) is 87.2 Å². The number of carbonyl (C=O) groups excluding carboxylic acids is 4. The zero-order chi connectivity index (χ0) is 28.2. The van der Waals surface area contributed by atoms with E-state index < -0.39 is 95.0 Å². The quantitative estimate of drug-likeness (QED) is 0.149. The Kier molecular flexibility index (Phi) is 9.91. The molecule has 0 N–H and O–H groups in total. The van der Waals surface area contributed by atoms with Crippen LogP contribution in [0.5, 0.6) is 0 Å². The van der Waals surface area contributed by atoms with Crippen LogP contribution >= 0.6 is 11.8 Å². The Balaban J connectivity index is 2.05. The summed E-state index contributed by atoms with van der Waals surface area (Å²) in [6, 6.07) is 0. The summed E-state index contributed by atoms with van der Waals surface area (Å²) in [5, 5.41) is 11.8. The number of esters is 4. The van der Waals surface area contributed by atoms with E-state index in [9.17, 15) is 29.3 Å². The SMILES string of the molecule is CO[C@H]1C[C@@](C[N+](=O)[O-])(S[C@@H]2O[C@H](COC(C)=O)[C@@H](OC(C)=O)[C@H](OC(C)=O)[C@H]2OC(C)=O)[C@@H]2OC[C@H]1O2. The van der Waals surface area contributed by atoms with Gasteiger partial charge in [-0.05, 0) is 0 Å². The average molecular weight is 566 g/mol. The molecule has 3 fully saturated rings. The van der Waals surface area contributed by atoms with Crippen LogP contribution in [0.1, 0.15) is 34.1 Å². The summed E-state index contributed by atoms with van der Waals surface area (Å²) in [4.78, 5) is 58.9. The van der Waals surface area contributed by atoms with Crippen LogP contribution in [0.25, 0.3) is 0 Å². The maximum Gasteiger partial charge on any atom is 0.303 e. The number of nitrogens with zero attached hydrogens (tertiary/aromatic N) is 1. The molecule has 214 valence electrons. The van der Waals surface area contributed by atoms with Crippen molar-refractivity contribution in [3.8, 4) is 0 Å². The molecule has 0 aliphatic carbocycles. The fourth-order valence-electron chi connectivity index (χ4n) is 4.71. The van der Waals surface area contributed by atoms with Crippen molar-refractivity contribution in [3.05, 3.63) is 10.1 Å². The van der Waals surface area contributed by atoms with E-state index in [-0.39, 0.29) is 13.0 Å². The number of ether oxygens (including phenoxy) is 8. The third-order valence-corrected chi connectivity index (χ3v) is 7.67. The molecule has 0 amide bonds. The second-order valence-electron chi connectivity index (χ2n) is 9.06. The molecule has 0 spiro atoms. The van der Waals surface area contributed by atoms with E-state index in [1.165, 1.54) is 7.11 Å². The summed E-state index contributed by atoms with van der Waals surface area (Å²) in [5.41, 5.74) is -1.24. The first kappa shape index (κ1) is 30.0. The van der Waals surface area contributed by atoms with E-state index in [1.807, 2.05) is 0 Å². The Morgan fingerprint density at radius 3 is 2.11 bits per heavy atom. The van der Waals surface area contributed by atoms with Gasteiger partial charge >= 0.3 is 23.9 Å². The standard InChI is InChI=1S/C22H31NO14S/c1-10(24)31-8-16-17(33-11(2)25)18(34-12(3)26)19(35-13(4)27)20(36-16)38-22(9-23(28)29)6-14(30-5)15-7-32-21(22)37-15/h14-21H,6-9H2,1-5H3/t14-,15+,16+,17+,18-,19+,20-,21+,22-/m0/s1. The fraction of sp³-hybridized carbons (Fsp3) is 0.818. The van der Waals surface area contributed by atoms with E-state index >= 15 is 0 Å². The molecular weight excluding hydrogens is 534 g/mol. The highest BCUT2D eigenvalue weighted by Crippen LogP contribution is 2.49. The average Bonchev–Trinajstić information content (AvgIpc) is 3.24. The summed E-state index contributed by atoms with van der Waals surface area (Å²) < 4.78 is 43.2. The highest BCUT2D eigenvalue weighted by Gasteiger charge is 2.61. The zero-order valence-electron chi connectivity index (χ0n) is 21.5. The largest absolute Gasteiger partial charge is 0.463 e. The summed E-state index contributed by atoms with van der Waals surface area (Å²) in [7, 11) is 1.45. The highest BCUT2D eigenvalue weighted by molar-refractivity contribution is 8.01. The third-order valence-electron chi connectivity index (χ3n) is 6.10. The summed E-state index contributed by atoms with van der Waals surface area (Å²) in [6.45, 7) is 3.58. The first-order chi connectivity index (χ1) is 17.8. The van der Waals surface area contributed by atoms with Gasteiger partial charge in [-0.3, -0.25) is 29.3 Å². The number of methoxy groups -OCH3 is 1. The van der Waals surface area contributed by atoms with Crippen molar-refractivity contribution in [1.29, 1.82) is 0 Å². The molecule has 0 aromatic rings. The van der Waals surface area contributed by atoms with Gasteiger partial charge in [-0.15, -0.1) is 11.8 Å². The van der Waals surface area contributed by atoms with Gasteiger partial charge in [-0.1, -0.05) is 0 Å². The minimum Gasteiger partial charge on any atom is -0.463 e. The van der Waals surface area contributed by atoms with Gasteiger partial charge in [0.15, 0.2) is 24.6 Å². The molecule has 0 aromatic carbocycles. The Bertz CT molecular complexity index is 932. The molecule has 3 aliphatic rings. The van der Waals surface area contributed by atoms with Gasteiger partial charge in [-0.2, -0.15) is 0 Å². The van der Waals surface area contributed by atoms with Crippen molar-refractivity contribution in [3.63, 3.8) is 0 Å². The maximum absolute atomic E-state index is 12.1. The topological polar surface area (TPSA) is 185 Å². The van der Waals surface area contributed by atoms with Crippen LogP contribution in [-0.2, 0) is 57.1 Å². The van der Waals surface area contributed by atoms with Crippen LogP contribution in [-0.4, -0.2) is 109 Å². The maximum atomic E-state index is 12.1. The molecule has 0 radical (unpaired) electrons. The van der Waals surface area contributed by atoms with Gasteiger partial charge in [0.05, 0.1) is 12.7 Å². The number of carbonyl (C=O) groups is 4. The summed E-state index contributed by atoms with van der Waals surface area (Å²) >= 11 is 0.892. The van der Waals surface area contributed by atoms with Gasteiger partial charge in [0.25, 0.3) is 0 Å². The number of fused-ring (bicyclic) bond motifs is 2.